The Morgan fingerprint density at radius 3 is 2.67 bits per heavy atom. The number of carbonyl (C=O) groups excluding carboxylic acids is 3. The van der Waals surface area contributed by atoms with Crippen molar-refractivity contribution in [2.45, 2.75) is 6.61 Å². The highest BCUT2D eigenvalue weighted by Crippen LogP contribution is 2.37. The number of halogens is 1. The first-order chi connectivity index (χ1) is 18.7. The van der Waals surface area contributed by atoms with Gasteiger partial charge in [0.05, 0.1) is 21.9 Å². The van der Waals surface area contributed by atoms with Gasteiger partial charge in [0.25, 0.3) is 11.8 Å². The van der Waals surface area contributed by atoms with Gasteiger partial charge in [-0.1, -0.05) is 12.1 Å². The number of ether oxygens (including phenoxy) is 4. The molecule has 3 aromatic carbocycles. The number of hydrogen-bond acceptors (Lipinski definition) is 8. The molecule has 5 rings (SSSR count). The van der Waals surface area contributed by atoms with Crippen LogP contribution >= 0.6 is 22.6 Å². The van der Waals surface area contributed by atoms with Gasteiger partial charge in [-0.15, -0.1) is 0 Å². The second kappa shape index (κ2) is 10.6. The van der Waals surface area contributed by atoms with E-state index in [0.717, 1.165) is 4.90 Å². The Labute approximate surface area is 235 Å². The highest BCUT2D eigenvalue weighted by atomic mass is 127. The predicted molar refractivity (Wildman–Crippen MR) is 145 cm³/mol. The topological polar surface area (TPSA) is 141 Å². The minimum absolute atomic E-state index is 0.0253. The van der Waals surface area contributed by atoms with Crippen molar-refractivity contribution in [1.82, 2.24) is 5.32 Å². The number of carboxylic acids is 1. The van der Waals surface area contributed by atoms with Crippen LogP contribution in [0.4, 0.5) is 10.5 Å². The molecule has 4 amide bonds. The zero-order valence-corrected chi connectivity index (χ0v) is 22.4. The molecule has 11 nitrogen and oxygen atoms in total. The molecule has 2 N–H and O–H groups in total. The molecule has 2 aliphatic heterocycles. The van der Waals surface area contributed by atoms with Crippen LogP contribution in [0.3, 0.4) is 0 Å². The molecular weight excluding hydrogens is 623 g/mol. The van der Waals surface area contributed by atoms with Crippen molar-refractivity contribution in [1.29, 1.82) is 0 Å². The second-order valence-corrected chi connectivity index (χ2v) is 9.49. The fourth-order valence-electron chi connectivity index (χ4n) is 4.00. The summed E-state index contributed by atoms with van der Waals surface area (Å²) in [7, 11) is 1.44. The van der Waals surface area contributed by atoms with Crippen LogP contribution in [0, 0.1) is 3.57 Å². The van der Waals surface area contributed by atoms with E-state index in [2.05, 4.69) is 5.32 Å². The summed E-state index contributed by atoms with van der Waals surface area (Å²) in [5.74, 6) is -1.10. The van der Waals surface area contributed by atoms with Crippen LogP contribution in [0.5, 0.6) is 23.0 Å². The number of fused-ring (bicyclic) bond motifs is 1. The molecule has 39 heavy (non-hydrogen) atoms. The van der Waals surface area contributed by atoms with Gasteiger partial charge in [-0.05, 0) is 76.2 Å². The van der Waals surface area contributed by atoms with E-state index in [1.165, 1.54) is 37.5 Å². The minimum atomic E-state index is -1.04. The smallest absolute Gasteiger partial charge is 0.335 e. The zero-order valence-electron chi connectivity index (χ0n) is 20.2. The number of carboxylic acid groups (broad SMARTS) is 1. The third-order valence-corrected chi connectivity index (χ3v) is 6.64. The number of nitrogens with one attached hydrogen (secondary N) is 1. The number of methoxy groups -OCH3 is 1. The van der Waals surface area contributed by atoms with Crippen LogP contribution in [-0.4, -0.2) is 42.8 Å². The third-order valence-electron chi connectivity index (χ3n) is 5.84. The van der Waals surface area contributed by atoms with Gasteiger partial charge >= 0.3 is 12.0 Å². The molecule has 1 fully saturated rings. The summed E-state index contributed by atoms with van der Waals surface area (Å²) in [5, 5.41) is 11.4. The Morgan fingerprint density at radius 2 is 1.90 bits per heavy atom. The summed E-state index contributed by atoms with van der Waals surface area (Å²) < 4.78 is 22.6. The molecule has 12 heteroatoms. The molecule has 0 radical (unpaired) electrons. The summed E-state index contributed by atoms with van der Waals surface area (Å²) in [6, 6.07) is 13.3. The number of barbiturate groups is 1. The molecular formula is C27H19IN2O9. The van der Waals surface area contributed by atoms with Crippen LogP contribution in [-0.2, 0) is 16.2 Å². The first-order valence-electron chi connectivity index (χ1n) is 11.4. The van der Waals surface area contributed by atoms with E-state index in [1.54, 1.807) is 30.3 Å². The number of nitrogens with zero attached hydrogens (tertiary/aromatic N) is 1. The molecule has 0 aliphatic carbocycles. The quantitative estimate of drug-likeness (QED) is 0.223. The number of carbonyl (C=O) groups is 4. The molecule has 198 valence electrons. The van der Waals surface area contributed by atoms with E-state index in [-0.39, 0.29) is 30.2 Å². The normalized spacial score (nSPS) is 15.4. The lowest BCUT2D eigenvalue weighted by atomic mass is 10.1. The molecule has 0 saturated carbocycles. The van der Waals surface area contributed by atoms with Crippen LogP contribution in [0.2, 0.25) is 0 Å². The number of anilines is 1. The van der Waals surface area contributed by atoms with Crippen molar-refractivity contribution in [3.8, 4) is 23.0 Å². The molecule has 2 heterocycles. The number of benzene rings is 3. The van der Waals surface area contributed by atoms with Gasteiger partial charge in [-0.2, -0.15) is 0 Å². The Hall–Kier alpha value is -4.59. The van der Waals surface area contributed by atoms with E-state index < -0.39 is 23.8 Å². The molecule has 2 aliphatic rings. The van der Waals surface area contributed by atoms with Crippen molar-refractivity contribution in [2.24, 2.45) is 0 Å². The number of amides is 4. The molecule has 0 bridgehead atoms. The summed E-state index contributed by atoms with van der Waals surface area (Å²) >= 11 is 2.03. The summed E-state index contributed by atoms with van der Waals surface area (Å²) in [6.07, 6.45) is 1.36. The summed E-state index contributed by atoms with van der Waals surface area (Å²) in [4.78, 5) is 50.6. The highest BCUT2D eigenvalue weighted by molar-refractivity contribution is 14.1. The predicted octanol–water partition coefficient (Wildman–Crippen LogP) is 3.97. The number of rotatable bonds is 7. The molecule has 1 saturated heterocycles. The maximum absolute atomic E-state index is 13.3. The fraction of sp³-hybridized carbons (Fsp3) is 0.111. The Kier molecular flexibility index (Phi) is 7.11. The minimum Gasteiger partial charge on any atom is -0.493 e. The SMILES string of the molecule is COc1cc(/C=C2\C(=O)NC(=O)N(c3ccc4c(c3)OCO4)C2=O)cc(I)c1OCc1cccc(C(=O)O)c1. The third kappa shape index (κ3) is 5.23. The lowest BCUT2D eigenvalue weighted by Gasteiger charge is -2.26. The van der Waals surface area contributed by atoms with E-state index in [4.69, 9.17) is 18.9 Å². The number of hydrogen-bond donors (Lipinski definition) is 2. The molecule has 0 aromatic heterocycles. The van der Waals surface area contributed by atoms with Crippen LogP contribution < -0.4 is 29.2 Å². The van der Waals surface area contributed by atoms with Crippen LogP contribution in [0.1, 0.15) is 21.5 Å². The lowest BCUT2D eigenvalue weighted by Crippen LogP contribution is -2.54. The average molecular weight is 642 g/mol. The van der Waals surface area contributed by atoms with Gasteiger partial charge in [-0.3, -0.25) is 14.9 Å². The summed E-state index contributed by atoms with van der Waals surface area (Å²) in [5.41, 5.74) is 1.20. The zero-order chi connectivity index (χ0) is 27.7. The Morgan fingerprint density at radius 1 is 1.10 bits per heavy atom. The number of imide groups is 2. The largest absolute Gasteiger partial charge is 0.493 e. The van der Waals surface area contributed by atoms with Gasteiger partial charge in [0.1, 0.15) is 12.2 Å². The van der Waals surface area contributed by atoms with Crippen molar-refractivity contribution in [3.63, 3.8) is 0 Å². The lowest BCUT2D eigenvalue weighted by molar-refractivity contribution is -0.122. The highest BCUT2D eigenvalue weighted by Gasteiger charge is 2.37. The van der Waals surface area contributed by atoms with Gasteiger partial charge in [0.2, 0.25) is 6.79 Å². The average Bonchev–Trinajstić information content (AvgIpc) is 3.38. The van der Waals surface area contributed by atoms with Gasteiger partial charge < -0.3 is 24.1 Å². The van der Waals surface area contributed by atoms with E-state index >= 15 is 0 Å². The molecule has 3 aromatic rings. The molecule has 0 spiro atoms. The van der Waals surface area contributed by atoms with Gasteiger partial charge in [0.15, 0.2) is 23.0 Å². The van der Waals surface area contributed by atoms with Crippen molar-refractivity contribution >= 4 is 58.2 Å². The second-order valence-electron chi connectivity index (χ2n) is 8.32. The number of urea groups is 1. The van der Waals surface area contributed by atoms with Crippen molar-refractivity contribution < 1.29 is 43.2 Å². The monoisotopic (exact) mass is 642 g/mol. The summed E-state index contributed by atoms with van der Waals surface area (Å²) in [6.45, 7) is 0.110. The fourth-order valence-corrected chi connectivity index (χ4v) is 4.78. The first kappa shape index (κ1) is 26.0. The van der Waals surface area contributed by atoms with Crippen LogP contribution in [0.15, 0.2) is 60.2 Å². The maximum atomic E-state index is 13.3. The van der Waals surface area contributed by atoms with Crippen molar-refractivity contribution in [3.05, 3.63) is 80.4 Å². The standard InChI is InChI=1S/C27H19IN2O9/c1-36-22-10-15(9-19(28)23(22)37-12-14-3-2-4-16(7-14)26(33)34)8-18-24(31)29-27(35)30(25(18)32)17-5-6-20-21(11-17)39-13-38-20/h2-11H,12-13H2,1H3,(H,33,34)(H,29,31,35)/b18-8+. The Balaban J connectivity index is 1.42. The van der Waals surface area contributed by atoms with E-state index in [0.29, 0.717) is 37.7 Å². The van der Waals surface area contributed by atoms with Gasteiger partial charge in [-0.25, -0.2) is 14.5 Å². The van der Waals surface area contributed by atoms with Gasteiger partial charge in [0, 0.05) is 6.07 Å². The first-order valence-corrected chi connectivity index (χ1v) is 12.5. The van der Waals surface area contributed by atoms with Crippen molar-refractivity contribution in [2.75, 3.05) is 18.8 Å². The van der Waals surface area contributed by atoms with E-state index in [1.807, 2.05) is 22.6 Å². The van der Waals surface area contributed by atoms with E-state index in [9.17, 15) is 24.3 Å². The Bertz CT molecular complexity index is 1570. The maximum Gasteiger partial charge on any atom is 0.335 e. The molecule has 0 unspecified atom stereocenters. The number of aromatic carboxylic acids is 1. The van der Waals surface area contributed by atoms with Crippen LogP contribution in [0.25, 0.3) is 6.08 Å². The molecule has 0 atom stereocenters.